The number of hydrogen-bond acceptors (Lipinski definition) is 3. The lowest BCUT2D eigenvalue weighted by Crippen LogP contribution is -2.19. The Morgan fingerprint density at radius 3 is 2.35 bits per heavy atom. The molecule has 0 fully saturated rings. The standard InChI is InChI=1S/C16H16N4O3/c1-9-7-13-14(20-16(22)19-13)8-12(9)18-15(21)17-10-3-5-11(23-2)6-4-10/h3-8H,1-2H3,(H2,17,18,21)(H2,19,20,22). The van der Waals surface area contributed by atoms with E-state index >= 15 is 0 Å². The summed E-state index contributed by atoms with van der Waals surface area (Å²) in [6.07, 6.45) is 0. The lowest BCUT2D eigenvalue weighted by atomic mass is 10.2. The topological polar surface area (TPSA) is 99.0 Å². The van der Waals surface area contributed by atoms with Crippen LogP contribution in [0.15, 0.2) is 41.2 Å². The number of hydrogen-bond donors (Lipinski definition) is 4. The molecule has 0 bridgehead atoms. The van der Waals surface area contributed by atoms with Crippen LogP contribution in [0.4, 0.5) is 16.2 Å². The number of ether oxygens (including phenoxy) is 1. The smallest absolute Gasteiger partial charge is 0.323 e. The maximum Gasteiger partial charge on any atom is 0.323 e. The third kappa shape index (κ3) is 3.18. The first-order valence-electron chi connectivity index (χ1n) is 7.00. The van der Waals surface area contributed by atoms with Gasteiger partial charge in [-0.1, -0.05) is 0 Å². The van der Waals surface area contributed by atoms with Crippen molar-refractivity contribution >= 4 is 28.4 Å². The van der Waals surface area contributed by atoms with Crippen LogP contribution < -0.4 is 21.1 Å². The molecule has 0 aliphatic heterocycles. The summed E-state index contributed by atoms with van der Waals surface area (Å²) in [6.45, 7) is 1.85. The predicted molar refractivity (Wildman–Crippen MR) is 89.3 cm³/mol. The number of aryl methyl sites for hydroxylation is 1. The molecule has 0 unspecified atom stereocenters. The van der Waals surface area contributed by atoms with Crippen molar-refractivity contribution in [2.45, 2.75) is 6.92 Å². The summed E-state index contributed by atoms with van der Waals surface area (Å²) in [5.41, 5.74) is 3.18. The molecule has 118 valence electrons. The van der Waals surface area contributed by atoms with Crippen molar-refractivity contribution in [2.75, 3.05) is 17.7 Å². The van der Waals surface area contributed by atoms with Gasteiger partial charge in [0.25, 0.3) is 0 Å². The van der Waals surface area contributed by atoms with Gasteiger partial charge >= 0.3 is 11.7 Å². The molecular formula is C16H16N4O3. The van der Waals surface area contributed by atoms with E-state index in [2.05, 4.69) is 20.6 Å². The summed E-state index contributed by atoms with van der Waals surface area (Å²) in [7, 11) is 1.58. The number of H-pyrrole nitrogens is 2. The summed E-state index contributed by atoms with van der Waals surface area (Å²) >= 11 is 0. The first-order chi connectivity index (χ1) is 11.0. The number of nitrogens with one attached hydrogen (secondary N) is 4. The van der Waals surface area contributed by atoms with Crippen molar-refractivity contribution in [3.05, 3.63) is 52.4 Å². The summed E-state index contributed by atoms with van der Waals surface area (Å²) < 4.78 is 5.07. The number of urea groups is 1. The molecule has 7 nitrogen and oxygen atoms in total. The zero-order chi connectivity index (χ0) is 16.4. The first-order valence-corrected chi connectivity index (χ1v) is 7.00. The van der Waals surface area contributed by atoms with E-state index in [-0.39, 0.29) is 11.7 Å². The molecule has 0 aliphatic carbocycles. The highest BCUT2D eigenvalue weighted by molar-refractivity contribution is 6.01. The number of aromatic amines is 2. The van der Waals surface area contributed by atoms with Gasteiger partial charge in [0.15, 0.2) is 0 Å². The molecule has 23 heavy (non-hydrogen) atoms. The monoisotopic (exact) mass is 312 g/mol. The number of benzene rings is 2. The van der Waals surface area contributed by atoms with Crippen LogP contribution in [-0.4, -0.2) is 23.1 Å². The first kappa shape index (κ1) is 14.7. The van der Waals surface area contributed by atoms with Crippen molar-refractivity contribution in [3.63, 3.8) is 0 Å². The number of carbonyl (C=O) groups excluding carboxylic acids is 1. The summed E-state index contributed by atoms with van der Waals surface area (Å²) in [5, 5.41) is 5.51. The van der Waals surface area contributed by atoms with Crippen LogP contribution in [0.25, 0.3) is 11.0 Å². The molecule has 1 heterocycles. The van der Waals surface area contributed by atoms with Gasteiger partial charge in [0, 0.05) is 11.4 Å². The van der Waals surface area contributed by atoms with E-state index in [1.165, 1.54) is 0 Å². The van der Waals surface area contributed by atoms with E-state index in [0.29, 0.717) is 28.2 Å². The highest BCUT2D eigenvalue weighted by Gasteiger charge is 2.08. The number of fused-ring (bicyclic) bond motifs is 1. The van der Waals surface area contributed by atoms with Gasteiger partial charge in [-0.15, -0.1) is 0 Å². The van der Waals surface area contributed by atoms with Crippen LogP contribution in [0.5, 0.6) is 5.75 Å². The lowest BCUT2D eigenvalue weighted by molar-refractivity contribution is 0.262. The molecule has 1 aromatic heterocycles. The van der Waals surface area contributed by atoms with Gasteiger partial charge in [-0.05, 0) is 48.9 Å². The normalized spacial score (nSPS) is 10.5. The van der Waals surface area contributed by atoms with Gasteiger partial charge in [-0.25, -0.2) is 9.59 Å². The summed E-state index contributed by atoms with van der Waals surface area (Å²) in [5.74, 6) is 0.716. The molecule has 4 N–H and O–H groups in total. The molecule has 2 aromatic carbocycles. The molecule has 0 saturated carbocycles. The zero-order valence-corrected chi connectivity index (χ0v) is 12.7. The van der Waals surface area contributed by atoms with Gasteiger partial charge in [0.2, 0.25) is 0 Å². The third-order valence-electron chi connectivity index (χ3n) is 3.46. The van der Waals surface area contributed by atoms with Crippen LogP contribution in [-0.2, 0) is 0 Å². The molecule has 0 radical (unpaired) electrons. The number of imidazole rings is 1. The quantitative estimate of drug-likeness (QED) is 0.598. The highest BCUT2D eigenvalue weighted by Crippen LogP contribution is 2.21. The molecule has 3 aromatic rings. The number of anilines is 2. The fourth-order valence-electron chi connectivity index (χ4n) is 2.28. The Kier molecular flexibility index (Phi) is 3.76. The van der Waals surface area contributed by atoms with Gasteiger partial charge in [-0.3, -0.25) is 0 Å². The van der Waals surface area contributed by atoms with Crippen molar-refractivity contribution in [1.82, 2.24) is 9.97 Å². The second kappa shape index (κ2) is 5.88. The van der Waals surface area contributed by atoms with E-state index in [4.69, 9.17) is 4.74 Å². The average molecular weight is 312 g/mol. The van der Waals surface area contributed by atoms with Crippen LogP contribution in [0.1, 0.15) is 5.56 Å². The number of amides is 2. The number of carbonyl (C=O) groups is 1. The van der Waals surface area contributed by atoms with E-state index in [1.807, 2.05) is 6.92 Å². The molecule has 2 amide bonds. The Labute approximate surface area is 131 Å². The number of methoxy groups -OCH3 is 1. The van der Waals surface area contributed by atoms with Crippen molar-refractivity contribution in [2.24, 2.45) is 0 Å². The van der Waals surface area contributed by atoms with Crippen molar-refractivity contribution in [3.8, 4) is 5.75 Å². The van der Waals surface area contributed by atoms with Crippen molar-refractivity contribution in [1.29, 1.82) is 0 Å². The third-order valence-corrected chi connectivity index (χ3v) is 3.46. The van der Waals surface area contributed by atoms with Crippen LogP contribution in [0, 0.1) is 6.92 Å². The minimum absolute atomic E-state index is 0.278. The summed E-state index contributed by atoms with van der Waals surface area (Å²) in [4.78, 5) is 28.7. The second-order valence-electron chi connectivity index (χ2n) is 5.10. The second-order valence-corrected chi connectivity index (χ2v) is 5.10. The molecule has 7 heteroatoms. The van der Waals surface area contributed by atoms with Crippen molar-refractivity contribution < 1.29 is 9.53 Å². The Balaban J connectivity index is 1.76. The number of rotatable bonds is 3. The largest absolute Gasteiger partial charge is 0.497 e. The van der Waals surface area contributed by atoms with Crippen LogP contribution in [0.3, 0.4) is 0 Å². The average Bonchev–Trinajstić information content (AvgIpc) is 2.87. The Morgan fingerprint density at radius 1 is 1.04 bits per heavy atom. The molecular weight excluding hydrogens is 296 g/mol. The SMILES string of the molecule is COc1ccc(NC(=O)Nc2cc3[nH]c(=O)[nH]c3cc2C)cc1. The maximum atomic E-state index is 12.1. The van der Waals surface area contributed by atoms with Gasteiger partial charge in [-0.2, -0.15) is 0 Å². The highest BCUT2D eigenvalue weighted by atomic mass is 16.5. The Hall–Kier alpha value is -3.22. The van der Waals surface area contributed by atoms with E-state index in [1.54, 1.807) is 43.5 Å². The van der Waals surface area contributed by atoms with Crippen LogP contribution >= 0.6 is 0 Å². The Morgan fingerprint density at radius 2 is 1.70 bits per heavy atom. The maximum absolute atomic E-state index is 12.1. The van der Waals surface area contributed by atoms with Gasteiger partial charge in [0.05, 0.1) is 18.1 Å². The summed E-state index contributed by atoms with van der Waals surface area (Å²) in [6, 6.07) is 10.2. The predicted octanol–water partition coefficient (Wildman–Crippen LogP) is 2.82. The molecule has 0 saturated heterocycles. The Bertz CT molecular complexity index is 909. The minimum Gasteiger partial charge on any atom is -0.497 e. The van der Waals surface area contributed by atoms with Gasteiger partial charge < -0.3 is 25.3 Å². The number of aromatic nitrogens is 2. The molecule has 0 spiro atoms. The zero-order valence-electron chi connectivity index (χ0n) is 12.7. The molecule has 0 atom stereocenters. The fourth-order valence-corrected chi connectivity index (χ4v) is 2.28. The molecule has 3 rings (SSSR count). The van der Waals surface area contributed by atoms with Crippen LogP contribution in [0.2, 0.25) is 0 Å². The lowest BCUT2D eigenvalue weighted by Gasteiger charge is -2.10. The van der Waals surface area contributed by atoms with E-state index in [9.17, 15) is 9.59 Å². The molecule has 0 aliphatic rings. The van der Waals surface area contributed by atoms with Gasteiger partial charge in [0.1, 0.15) is 5.75 Å². The van der Waals surface area contributed by atoms with E-state index in [0.717, 1.165) is 5.56 Å². The van der Waals surface area contributed by atoms with E-state index < -0.39 is 0 Å². The fraction of sp³-hybridized carbons (Fsp3) is 0.125. The minimum atomic E-state index is -0.365.